The molecule has 1 rings (SSSR count). The molecule has 0 unspecified atom stereocenters. The first kappa shape index (κ1) is 7.51. The summed E-state index contributed by atoms with van der Waals surface area (Å²) in [5.41, 5.74) is 0.492. The second kappa shape index (κ2) is 2.99. The van der Waals surface area contributed by atoms with Gasteiger partial charge in [-0.15, -0.1) is 0 Å². The van der Waals surface area contributed by atoms with Gasteiger partial charge in [-0.05, 0) is 18.2 Å². The maximum Gasteiger partial charge on any atom is 0.197 e. The maximum atomic E-state index is 10.7. The number of ketones is 1. The highest BCUT2D eigenvalue weighted by atomic mass is 35.5. The molecule has 0 heterocycles. The summed E-state index contributed by atoms with van der Waals surface area (Å²) in [4.78, 5) is 10.7. The fraction of sp³-hybridized carbons (Fsp3) is 0. The molecule has 0 aromatic rings. The third-order valence-corrected chi connectivity index (χ3v) is 1.50. The van der Waals surface area contributed by atoms with Gasteiger partial charge in [0.1, 0.15) is 0 Å². The van der Waals surface area contributed by atoms with Crippen molar-refractivity contribution in [3.8, 4) is 0 Å². The Hall–Kier alpha value is -0.600. The molecule has 0 aromatic heterocycles. The molecule has 0 aliphatic heterocycles. The number of hydrogen-bond donors (Lipinski definition) is 0. The fourth-order valence-corrected chi connectivity index (χ4v) is 0.822. The molecule has 1 aliphatic carbocycles. The molecule has 10 heavy (non-hydrogen) atoms. The van der Waals surface area contributed by atoms with Crippen LogP contribution in [0.25, 0.3) is 0 Å². The molecule has 0 aromatic carbocycles. The molecule has 0 fully saturated rings. The Morgan fingerprint density at radius 1 is 1.40 bits per heavy atom. The zero-order chi connectivity index (χ0) is 7.56. The van der Waals surface area contributed by atoms with E-state index >= 15 is 0 Å². The van der Waals surface area contributed by atoms with Crippen molar-refractivity contribution in [3.63, 3.8) is 0 Å². The van der Waals surface area contributed by atoms with Crippen molar-refractivity contribution in [3.05, 3.63) is 23.3 Å². The fourth-order valence-electron chi connectivity index (χ4n) is 0.542. The number of halogens is 2. The number of hydrogen-bond acceptors (Lipinski definition) is 2. The molecule has 1 aliphatic rings. The minimum absolute atomic E-state index is 0.141. The lowest BCUT2D eigenvalue weighted by Gasteiger charge is -1.98. The summed E-state index contributed by atoms with van der Waals surface area (Å²) < 4.78 is 3.32. The molecular weight excluding hydrogens is 173 g/mol. The van der Waals surface area contributed by atoms with Gasteiger partial charge in [0.2, 0.25) is 0 Å². The number of rotatable bonds is 0. The molecule has 0 radical (unpaired) electrons. The zero-order valence-electron chi connectivity index (χ0n) is 4.84. The van der Waals surface area contributed by atoms with Crippen molar-refractivity contribution in [1.29, 1.82) is 0 Å². The summed E-state index contributed by atoms with van der Waals surface area (Å²) in [6, 6.07) is 0. The summed E-state index contributed by atoms with van der Waals surface area (Å²) in [6.45, 7) is 0. The molecule has 4 heteroatoms. The molecule has 0 saturated heterocycles. The zero-order valence-corrected chi connectivity index (χ0v) is 6.36. The molecule has 52 valence electrons. The molecule has 2 nitrogen and oxygen atoms in total. The van der Waals surface area contributed by atoms with Crippen LogP contribution in [0, 0.1) is 0 Å². The first-order valence-corrected chi connectivity index (χ1v) is 3.24. The highest BCUT2D eigenvalue weighted by Crippen LogP contribution is 2.10. The van der Waals surface area contributed by atoms with Gasteiger partial charge in [-0.1, -0.05) is 11.6 Å². The van der Waals surface area contributed by atoms with Crippen LogP contribution < -0.4 is 0 Å². The van der Waals surface area contributed by atoms with E-state index in [0.717, 1.165) is 0 Å². The molecule has 0 spiro atoms. The number of carbonyl (C=O) groups excluding carboxylic acids is 1. The second-order valence-corrected chi connectivity index (χ2v) is 2.28. The van der Waals surface area contributed by atoms with E-state index in [-0.39, 0.29) is 10.8 Å². The largest absolute Gasteiger partial charge is 0.288 e. The lowest BCUT2D eigenvalue weighted by molar-refractivity contribution is -0.110. The Balaban J connectivity index is 2.95. The number of nitrogens with zero attached hydrogens (tertiary/aromatic N) is 1. The van der Waals surface area contributed by atoms with Crippen molar-refractivity contribution in [1.82, 2.24) is 0 Å². The Bertz CT molecular complexity index is 252. The van der Waals surface area contributed by atoms with Crippen LogP contribution in [0.15, 0.2) is 27.8 Å². The van der Waals surface area contributed by atoms with E-state index in [1.54, 1.807) is 0 Å². The highest BCUT2D eigenvalue weighted by Gasteiger charge is 2.08. The summed E-state index contributed by atoms with van der Waals surface area (Å²) >= 11 is 10.6. The van der Waals surface area contributed by atoms with Crippen LogP contribution >= 0.6 is 23.4 Å². The summed E-state index contributed by atoms with van der Waals surface area (Å²) in [5.74, 6) is -0.217. The van der Waals surface area contributed by atoms with Crippen molar-refractivity contribution >= 4 is 34.9 Å². The lowest BCUT2D eigenvalue weighted by Crippen LogP contribution is -2.02. The second-order valence-electron chi connectivity index (χ2n) is 1.70. The van der Waals surface area contributed by atoms with Crippen LogP contribution in [0.3, 0.4) is 0 Å². The van der Waals surface area contributed by atoms with Gasteiger partial charge < -0.3 is 0 Å². The smallest absolute Gasteiger partial charge is 0.197 e. The van der Waals surface area contributed by atoms with Crippen LogP contribution in [0.1, 0.15) is 0 Å². The highest BCUT2D eigenvalue weighted by molar-refractivity contribution is 6.47. The Morgan fingerprint density at radius 3 is 2.60 bits per heavy atom. The Kier molecular flexibility index (Phi) is 2.25. The topological polar surface area (TPSA) is 29.4 Å². The monoisotopic (exact) mass is 175 g/mol. The van der Waals surface area contributed by atoms with Crippen molar-refractivity contribution in [2.75, 3.05) is 0 Å². The third-order valence-electron chi connectivity index (χ3n) is 1.01. The van der Waals surface area contributed by atoms with Gasteiger partial charge in [-0.3, -0.25) is 4.79 Å². The average molecular weight is 176 g/mol. The van der Waals surface area contributed by atoms with E-state index in [1.165, 1.54) is 18.2 Å². The minimum atomic E-state index is -0.217. The van der Waals surface area contributed by atoms with Gasteiger partial charge in [0.15, 0.2) is 5.78 Å². The molecule has 0 N–H and O–H groups in total. The first-order valence-electron chi connectivity index (χ1n) is 2.52. The van der Waals surface area contributed by atoms with E-state index in [2.05, 4.69) is 4.51 Å². The van der Waals surface area contributed by atoms with Crippen molar-refractivity contribution < 1.29 is 4.79 Å². The van der Waals surface area contributed by atoms with Gasteiger partial charge in [-0.2, -0.15) is 4.51 Å². The van der Waals surface area contributed by atoms with Crippen molar-refractivity contribution in [2.24, 2.45) is 4.51 Å². The SMILES string of the molecule is O=C1C=CC(=NCl)C=C1Cl. The standard InChI is InChI=1S/C6H3Cl2NO/c7-5-3-4(9-8)1-2-6(5)10/h1-3H. The van der Waals surface area contributed by atoms with Gasteiger partial charge in [0.25, 0.3) is 0 Å². The van der Waals surface area contributed by atoms with Crippen LogP contribution in [0.4, 0.5) is 0 Å². The van der Waals surface area contributed by atoms with Crippen molar-refractivity contribution in [2.45, 2.75) is 0 Å². The van der Waals surface area contributed by atoms with Crippen LogP contribution in [-0.4, -0.2) is 11.5 Å². The Labute approximate surface area is 68.0 Å². The van der Waals surface area contributed by atoms with Crippen LogP contribution in [0.2, 0.25) is 0 Å². The van der Waals surface area contributed by atoms with Gasteiger partial charge >= 0.3 is 0 Å². The molecule has 0 saturated carbocycles. The molecule has 0 amide bonds. The third kappa shape index (κ3) is 1.46. The van der Waals surface area contributed by atoms with E-state index in [9.17, 15) is 4.79 Å². The first-order chi connectivity index (χ1) is 4.74. The molecular formula is C6H3Cl2NO. The quantitative estimate of drug-likeness (QED) is 0.517. The van der Waals surface area contributed by atoms with E-state index in [0.29, 0.717) is 5.71 Å². The van der Waals surface area contributed by atoms with Gasteiger partial charge in [-0.25, -0.2) is 0 Å². The minimum Gasteiger partial charge on any atom is -0.288 e. The molecule has 0 bridgehead atoms. The van der Waals surface area contributed by atoms with E-state index in [4.69, 9.17) is 23.4 Å². The maximum absolute atomic E-state index is 10.7. The van der Waals surface area contributed by atoms with Gasteiger partial charge in [0, 0.05) is 11.8 Å². The predicted molar refractivity (Wildman–Crippen MR) is 41.4 cm³/mol. The number of allylic oxidation sites excluding steroid dienone is 4. The summed E-state index contributed by atoms with van der Waals surface area (Å²) in [6.07, 6.45) is 4.24. The normalized spacial score (nSPS) is 21.6. The lowest BCUT2D eigenvalue weighted by atomic mass is 10.2. The molecule has 0 atom stereocenters. The average Bonchev–Trinajstić information content (AvgIpc) is 1.95. The van der Waals surface area contributed by atoms with E-state index in [1.807, 2.05) is 0 Å². The summed E-state index contributed by atoms with van der Waals surface area (Å²) in [5, 5.41) is 0.141. The van der Waals surface area contributed by atoms with Crippen LogP contribution in [-0.2, 0) is 4.79 Å². The van der Waals surface area contributed by atoms with Crippen LogP contribution in [0.5, 0.6) is 0 Å². The summed E-state index contributed by atoms with van der Waals surface area (Å²) in [7, 11) is 0. The van der Waals surface area contributed by atoms with E-state index < -0.39 is 0 Å². The Morgan fingerprint density at radius 2 is 2.10 bits per heavy atom. The van der Waals surface area contributed by atoms with Gasteiger partial charge in [0.05, 0.1) is 10.7 Å². The number of carbonyl (C=O) groups is 1. The predicted octanol–water partition coefficient (Wildman–Crippen LogP) is 1.84.